The molecule has 2 N–H and O–H groups in total. The van der Waals surface area contributed by atoms with Gasteiger partial charge in [0.25, 0.3) is 0 Å². The highest BCUT2D eigenvalue weighted by Crippen LogP contribution is 2.36. The summed E-state index contributed by atoms with van der Waals surface area (Å²) in [5.74, 6) is 1.05. The SMILES string of the molecule is CN(C)C(=O)CC(CN)N1CCC[C@H]2CCCC[C@H]21. The van der Waals surface area contributed by atoms with E-state index in [9.17, 15) is 4.79 Å². The number of piperidine rings is 1. The molecule has 3 atom stereocenters. The van der Waals surface area contributed by atoms with Crippen molar-refractivity contribution in [3.05, 3.63) is 0 Å². The summed E-state index contributed by atoms with van der Waals surface area (Å²) in [6.07, 6.45) is 8.63. The van der Waals surface area contributed by atoms with E-state index >= 15 is 0 Å². The number of amides is 1. The monoisotopic (exact) mass is 267 g/mol. The van der Waals surface area contributed by atoms with Crippen LogP contribution in [0.15, 0.2) is 0 Å². The maximum atomic E-state index is 12.0. The number of carbonyl (C=O) groups excluding carboxylic acids is 1. The first kappa shape index (κ1) is 14.8. The Morgan fingerprint density at radius 2 is 1.95 bits per heavy atom. The maximum Gasteiger partial charge on any atom is 0.223 e. The fourth-order valence-corrected chi connectivity index (χ4v) is 3.84. The summed E-state index contributed by atoms with van der Waals surface area (Å²) in [6.45, 7) is 1.73. The Morgan fingerprint density at radius 1 is 1.26 bits per heavy atom. The predicted octanol–water partition coefficient (Wildman–Crippen LogP) is 1.45. The standard InChI is InChI=1S/C15H29N3O/c1-17(2)15(19)10-13(11-16)18-9-5-7-12-6-3-4-8-14(12)18/h12-14H,3-11,16H2,1-2H3/t12-,13?,14-/m1/s1. The van der Waals surface area contributed by atoms with Crippen LogP contribution in [0.3, 0.4) is 0 Å². The summed E-state index contributed by atoms with van der Waals surface area (Å²) in [4.78, 5) is 16.2. The molecule has 1 heterocycles. The fourth-order valence-electron chi connectivity index (χ4n) is 3.84. The zero-order chi connectivity index (χ0) is 13.8. The number of nitrogens with zero attached hydrogens (tertiary/aromatic N) is 2. The van der Waals surface area contributed by atoms with Gasteiger partial charge >= 0.3 is 0 Å². The van der Waals surface area contributed by atoms with Crippen molar-refractivity contribution in [1.82, 2.24) is 9.80 Å². The van der Waals surface area contributed by atoms with E-state index in [1.165, 1.54) is 38.5 Å². The van der Waals surface area contributed by atoms with Crippen molar-refractivity contribution in [3.8, 4) is 0 Å². The lowest BCUT2D eigenvalue weighted by molar-refractivity contribution is -0.130. The molecule has 1 saturated heterocycles. The molecule has 1 unspecified atom stereocenters. The lowest BCUT2D eigenvalue weighted by Crippen LogP contribution is -2.54. The van der Waals surface area contributed by atoms with Crippen molar-refractivity contribution in [2.24, 2.45) is 11.7 Å². The number of fused-ring (bicyclic) bond motifs is 1. The number of hydrogen-bond donors (Lipinski definition) is 1. The van der Waals surface area contributed by atoms with E-state index in [-0.39, 0.29) is 11.9 Å². The lowest BCUT2D eigenvalue weighted by Gasteiger charge is -2.47. The second-order valence-electron chi connectivity index (χ2n) is 6.37. The predicted molar refractivity (Wildman–Crippen MR) is 77.8 cm³/mol. The molecule has 2 rings (SSSR count). The highest BCUT2D eigenvalue weighted by Gasteiger charge is 2.36. The van der Waals surface area contributed by atoms with Gasteiger partial charge in [0.1, 0.15) is 0 Å². The smallest absolute Gasteiger partial charge is 0.223 e. The summed E-state index contributed by atoms with van der Waals surface area (Å²) in [5.41, 5.74) is 5.96. The van der Waals surface area contributed by atoms with E-state index in [1.807, 2.05) is 14.1 Å². The molecular formula is C15H29N3O. The van der Waals surface area contributed by atoms with Crippen LogP contribution in [0.2, 0.25) is 0 Å². The van der Waals surface area contributed by atoms with E-state index in [2.05, 4.69) is 4.90 Å². The second-order valence-corrected chi connectivity index (χ2v) is 6.37. The molecule has 0 spiro atoms. The number of nitrogens with two attached hydrogens (primary N) is 1. The number of rotatable bonds is 4. The van der Waals surface area contributed by atoms with E-state index in [0.717, 1.165) is 12.5 Å². The van der Waals surface area contributed by atoms with Gasteiger partial charge in [-0.3, -0.25) is 9.69 Å². The molecule has 0 radical (unpaired) electrons. The first-order valence-corrected chi connectivity index (χ1v) is 7.79. The normalized spacial score (nSPS) is 29.6. The molecule has 4 heteroatoms. The molecule has 4 nitrogen and oxygen atoms in total. The molecule has 0 aromatic rings. The summed E-state index contributed by atoms with van der Waals surface area (Å²) >= 11 is 0. The Balaban J connectivity index is 2.01. The molecule has 0 aromatic heterocycles. The van der Waals surface area contributed by atoms with Crippen LogP contribution in [-0.4, -0.2) is 55.0 Å². The van der Waals surface area contributed by atoms with Crippen LogP contribution in [0.25, 0.3) is 0 Å². The number of carbonyl (C=O) groups is 1. The highest BCUT2D eigenvalue weighted by molar-refractivity contribution is 5.76. The van der Waals surface area contributed by atoms with E-state index in [1.54, 1.807) is 4.90 Å². The highest BCUT2D eigenvalue weighted by atomic mass is 16.2. The average molecular weight is 267 g/mol. The minimum atomic E-state index is 0.202. The van der Waals surface area contributed by atoms with Gasteiger partial charge in [0.2, 0.25) is 5.91 Å². The van der Waals surface area contributed by atoms with Gasteiger partial charge in [0.05, 0.1) is 0 Å². The Morgan fingerprint density at radius 3 is 2.63 bits per heavy atom. The van der Waals surface area contributed by atoms with Crippen molar-refractivity contribution < 1.29 is 4.79 Å². The molecular weight excluding hydrogens is 238 g/mol. The maximum absolute atomic E-state index is 12.0. The number of likely N-dealkylation sites (tertiary alicyclic amines) is 1. The topological polar surface area (TPSA) is 49.6 Å². The fraction of sp³-hybridized carbons (Fsp3) is 0.933. The van der Waals surface area contributed by atoms with Crippen LogP contribution in [0.4, 0.5) is 0 Å². The third-order valence-electron chi connectivity index (χ3n) is 4.94. The zero-order valence-electron chi connectivity index (χ0n) is 12.5. The van der Waals surface area contributed by atoms with E-state index in [0.29, 0.717) is 19.0 Å². The van der Waals surface area contributed by atoms with Crippen molar-refractivity contribution in [3.63, 3.8) is 0 Å². The minimum Gasteiger partial charge on any atom is -0.349 e. The molecule has 19 heavy (non-hydrogen) atoms. The van der Waals surface area contributed by atoms with Crippen LogP contribution in [0.1, 0.15) is 44.9 Å². The van der Waals surface area contributed by atoms with Gasteiger partial charge in [-0.25, -0.2) is 0 Å². The molecule has 0 bridgehead atoms. The molecule has 1 aliphatic heterocycles. The number of hydrogen-bond acceptors (Lipinski definition) is 3. The van der Waals surface area contributed by atoms with Gasteiger partial charge < -0.3 is 10.6 Å². The van der Waals surface area contributed by atoms with Crippen LogP contribution < -0.4 is 5.73 Å². The second kappa shape index (κ2) is 6.71. The van der Waals surface area contributed by atoms with Crippen molar-refractivity contribution >= 4 is 5.91 Å². The first-order chi connectivity index (χ1) is 9.13. The quantitative estimate of drug-likeness (QED) is 0.838. The minimum absolute atomic E-state index is 0.202. The van der Waals surface area contributed by atoms with Gasteiger partial charge in [0, 0.05) is 39.1 Å². The molecule has 2 aliphatic rings. The molecule has 1 aliphatic carbocycles. The van der Waals surface area contributed by atoms with E-state index in [4.69, 9.17) is 5.73 Å². The first-order valence-electron chi connectivity index (χ1n) is 7.79. The van der Waals surface area contributed by atoms with Crippen molar-refractivity contribution in [1.29, 1.82) is 0 Å². The third-order valence-corrected chi connectivity index (χ3v) is 4.94. The summed E-state index contributed by atoms with van der Waals surface area (Å²) in [7, 11) is 3.66. The van der Waals surface area contributed by atoms with Crippen molar-refractivity contribution in [2.45, 2.75) is 57.0 Å². The third kappa shape index (κ3) is 3.48. The largest absolute Gasteiger partial charge is 0.349 e. The van der Waals surface area contributed by atoms with Gasteiger partial charge in [-0.1, -0.05) is 12.8 Å². The van der Waals surface area contributed by atoms with Gasteiger partial charge in [-0.05, 0) is 38.1 Å². The van der Waals surface area contributed by atoms with Gasteiger partial charge in [0.15, 0.2) is 0 Å². The summed E-state index contributed by atoms with van der Waals surface area (Å²) < 4.78 is 0. The molecule has 1 saturated carbocycles. The lowest BCUT2D eigenvalue weighted by atomic mass is 9.77. The zero-order valence-corrected chi connectivity index (χ0v) is 12.5. The Bertz CT molecular complexity index is 304. The summed E-state index contributed by atoms with van der Waals surface area (Å²) in [6, 6.07) is 0.923. The van der Waals surface area contributed by atoms with Crippen molar-refractivity contribution in [2.75, 3.05) is 27.2 Å². The Hall–Kier alpha value is -0.610. The van der Waals surface area contributed by atoms with Crippen LogP contribution in [0.5, 0.6) is 0 Å². The Labute approximate surface area is 117 Å². The molecule has 110 valence electrons. The van der Waals surface area contributed by atoms with Crippen LogP contribution >= 0.6 is 0 Å². The molecule has 0 aromatic carbocycles. The van der Waals surface area contributed by atoms with E-state index < -0.39 is 0 Å². The van der Waals surface area contributed by atoms with Crippen LogP contribution in [-0.2, 0) is 4.79 Å². The van der Waals surface area contributed by atoms with Gasteiger partial charge in [-0.15, -0.1) is 0 Å². The Kier molecular flexibility index (Phi) is 5.22. The summed E-state index contributed by atoms with van der Waals surface area (Å²) in [5, 5.41) is 0. The molecule has 1 amide bonds. The molecule has 2 fully saturated rings. The van der Waals surface area contributed by atoms with Gasteiger partial charge in [-0.2, -0.15) is 0 Å². The average Bonchev–Trinajstić information content (AvgIpc) is 2.44. The van der Waals surface area contributed by atoms with Crippen LogP contribution in [0, 0.1) is 5.92 Å².